The lowest BCUT2D eigenvalue weighted by molar-refractivity contribution is 0.0938. The van der Waals surface area contributed by atoms with Gasteiger partial charge in [0.1, 0.15) is 11.6 Å². The molecule has 3 N–H and O–H groups in total. The topological polar surface area (TPSA) is 104 Å². The van der Waals surface area contributed by atoms with E-state index in [1.807, 2.05) is 18.2 Å². The molecule has 1 aromatic carbocycles. The molecule has 2 aliphatic rings. The number of hydrogen-bond donors (Lipinski definition) is 3. The predicted octanol–water partition coefficient (Wildman–Crippen LogP) is 4.81. The van der Waals surface area contributed by atoms with E-state index >= 15 is 0 Å². The summed E-state index contributed by atoms with van der Waals surface area (Å²) in [6.07, 6.45) is 8.24. The van der Waals surface area contributed by atoms with E-state index in [1.54, 1.807) is 12.3 Å². The summed E-state index contributed by atoms with van der Waals surface area (Å²) in [4.78, 5) is 26.7. The third-order valence-electron chi connectivity index (χ3n) is 6.37. The Morgan fingerprint density at radius 1 is 1.06 bits per heavy atom. The lowest BCUT2D eigenvalue weighted by Gasteiger charge is -2.34. The van der Waals surface area contributed by atoms with Crippen LogP contribution in [0.3, 0.4) is 0 Å². The zero-order chi connectivity index (χ0) is 22.6. The van der Waals surface area contributed by atoms with Gasteiger partial charge in [0.05, 0.1) is 24.2 Å². The standard InChI is InChI=1S/C25H30N6O2.2ClH/c1-16-10-11-19-18(14-16)23(31-24(29-19)25(32)27-15-17-6-5-13-33-17)30-21-8-3-2-7-20(21)28-22-9-4-12-26-22;;/h5-6,10-11,13-14,20-21H,2-4,7-9,12,15H2,1H3,(H,26,28)(H,27,32)(H,29,30,31);2*1H/t20-,21+;;/m1../s1. The average Bonchev–Trinajstić information content (AvgIpc) is 3.53. The number of hydrogen-bond acceptors (Lipinski definition) is 7. The predicted molar refractivity (Wildman–Crippen MR) is 143 cm³/mol. The second-order valence-corrected chi connectivity index (χ2v) is 8.90. The van der Waals surface area contributed by atoms with Crippen molar-refractivity contribution in [3.8, 4) is 0 Å². The maximum absolute atomic E-state index is 12.9. The summed E-state index contributed by atoms with van der Waals surface area (Å²) in [6, 6.07) is 10.2. The van der Waals surface area contributed by atoms with Crippen molar-refractivity contribution in [2.45, 2.75) is 64.1 Å². The van der Waals surface area contributed by atoms with Crippen molar-refractivity contribution in [1.29, 1.82) is 0 Å². The number of fused-ring (bicyclic) bond motifs is 1. The Bertz CT molecular complexity index is 1170. The third kappa shape index (κ3) is 6.44. The molecule has 0 spiro atoms. The Balaban J connectivity index is 0.00000171. The number of aryl methyl sites for hydroxylation is 1. The zero-order valence-electron chi connectivity index (χ0n) is 19.8. The van der Waals surface area contributed by atoms with Crippen LogP contribution >= 0.6 is 24.8 Å². The van der Waals surface area contributed by atoms with E-state index in [-0.39, 0.29) is 42.6 Å². The van der Waals surface area contributed by atoms with Crippen LogP contribution in [-0.2, 0) is 6.54 Å². The highest BCUT2D eigenvalue weighted by Gasteiger charge is 2.28. The zero-order valence-corrected chi connectivity index (χ0v) is 21.4. The Hall–Kier alpha value is -2.84. The van der Waals surface area contributed by atoms with E-state index in [2.05, 4.69) is 43.9 Å². The molecule has 1 fully saturated rings. The summed E-state index contributed by atoms with van der Waals surface area (Å²) in [6.45, 7) is 3.26. The van der Waals surface area contributed by atoms with E-state index < -0.39 is 0 Å². The van der Waals surface area contributed by atoms with E-state index in [9.17, 15) is 4.79 Å². The number of carbonyl (C=O) groups is 1. The molecular formula is C25H32Cl2N6O2. The van der Waals surface area contributed by atoms with E-state index in [0.717, 1.165) is 54.5 Å². The molecule has 3 aromatic rings. The Labute approximate surface area is 217 Å². The molecule has 8 nitrogen and oxygen atoms in total. The highest BCUT2D eigenvalue weighted by molar-refractivity contribution is 5.96. The van der Waals surface area contributed by atoms with Gasteiger partial charge in [0.25, 0.3) is 5.91 Å². The van der Waals surface area contributed by atoms with Crippen molar-refractivity contribution < 1.29 is 9.21 Å². The van der Waals surface area contributed by atoms with Crippen LogP contribution in [0.5, 0.6) is 0 Å². The fraction of sp³-hybridized carbons (Fsp3) is 0.440. The van der Waals surface area contributed by atoms with Gasteiger partial charge in [0.15, 0.2) is 0 Å². The first kappa shape index (κ1) is 26.8. The minimum absolute atomic E-state index is 0. The number of amides is 1. The first-order valence-corrected chi connectivity index (χ1v) is 11.8. The lowest BCUT2D eigenvalue weighted by Crippen LogP contribution is -2.48. The SMILES string of the molecule is Cc1ccc2nc(C(=O)NCc3ccco3)nc(N[C@H]3CCCC[C@H]3NC3=NCCC3)c2c1.Cl.Cl. The molecule has 188 valence electrons. The summed E-state index contributed by atoms with van der Waals surface area (Å²) in [5.41, 5.74) is 1.88. The molecule has 1 saturated carbocycles. The summed E-state index contributed by atoms with van der Waals surface area (Å²) >= 11 is 0. The van der Waals surface area contributed by atoms with Gasteiger partial charge in [-0.15, -0.1) is 24.8 Å². The van der Waals surface area contributed by atoms with Crippen LogP contribution in [0.4, 0.5) is 5.82 Å². The number of furan rings is 1. The van der Waals surface area contributed by atoms with Crippen LogP contribution in [0.2, 0.25) is 0 Å². The molecule has 1 amide bonds. The number of amidine groups is 1. The summed E-state index contributed by atoms with van der Waals surface area (Å²) in [7, 11) is 0. The van der Waals surface area contributed by atoms with Crippen LogP contribution in [0.1, 0.15) is 60.5 Å². The van der Waals surface area contributed by atoms with Crippen LogP contribution < -0.4 is 16.0 Å². The second kappa shape index (κ2) is 12.2. The number of aliphatic imine (C=N–C) groups is 1. The monoisotopic (exact) mass is 518 g/mol. The van der Waals surface area contributed by atoms with Crippen LogP contribution in [0, 0.1) is 6.92 Å². The molecule has 5 rings (SSSR count). The number of halogens is 2. The molecule has 35 heavy (non-hydrogen) atoms. The number of nitrogens with one attached hydrogen (secondary N) is 3. The molecule has 0 unspecified atom stereocenters. The smallest absolute Gasteiger partial charge is 0.289 e. The Morgan fingerprint density at radius 2 is 1.86 bits per heavy atom. The van der Waals surface area contributed by atoms with Crippen molar-refractivity contribution in [2.75, 3.05) is 11.9 Å². The number of rotatable bonds is 6. The molecule has 1 aliphatic carbocycles. The maximum atomic E-state index is 12.9. The van der Waals surface area contributed by atoms with E-state index in [0.29, 0.717) is 24.2 Å². The molecule has 3 heterocycles. The van der Waals surface area contributed by atoms with Crippen LogP contribution in [0.15, 0.2) is 46.0 Å². The Morgan fingerprint density at radius 3 is 2.57 bits per heavy atom. The second-order valence-electron chi connectivity index (χ2n) is 8.90. The molecule has 10 heteroatoms. The quantitative estimate of drug-likeness (QED) is 0.432. The number of carbonyl (C=O) groups excluding carboxylic acids is 1. The highest BCUT2D eigenvalue weighted by atomic mass is 35.5. The van der Waals surface area contributed by atoms with Gasteiger partial charge in [0.2, 0.25) is 5.82 Å². The van der Waals surface area contributed by atoms with Gasteiger partial charge in [-0.05, 0) is 50.5 Å². The number of aromatic nitrogens is 2. The van der Waals surface area contributed by atoms with Crippen LogP contribution in [-0.4, -0.2) is 40.3 Å². The molecule has 1 aliphatic heterocycles. The summed E-state index contributed by atoms with van der Waals surface area (Å²) in [5.74, 6) is 2.34. The minimum atomic E-state index is -0.324. The van der Waals surface area contributed by atoms with Crippen molar-refractivity contribution in [2.24, 2.45) is 4.99 Å². The normalized spacial score (nSPS) is 19.3. The van der Waals surface area contributed by atoms with E-state index in [4.69, 9.17) is 4.42 Å². The molecule has 2 atom stereocenters. The molecule has 0 radical (unpaired) electrons. The molecule has 0 bridgehead atoms. The van der Waals surface area contributed by atoms with Gasteiger partial charge in [-0.1, -0.05) is 24.5 Å². The van der Waals surface area contributed by atoms with Crippen LogP contribution in [0.25, 0.3) is 10.9 Å². The van der Waals surface area contributed by atoms with Crippen molar-refractivity contribution in [1.82, 2.24) is 20.6 Å². The Kier molecular flexibility index (Phi) is 9.34. The summed E-state index contributed by atoms with van der Waals surface area (Å²) < 4.78 is 5.31. The van der Waals surface area contributed by atoms with Crippen molar-refractivity contribution in [3.05, 3.63) is 53.7 Å². The van der Waals surface area contributed by atoms with Gasteiger partial charge in [-0.3, -0.25) is 9.79 Å². The minimum Gasteiger partial charge on any atom is -0.467 e. The first-order valence-electron chi connectivity index (χ1n) is 11.8. The highest BCUT2D eigenvalue weighted by Crippen LogP contribution is 2.27. The fourth-order valence-corrected chi connectivity index (χ4v) is 4.64. The van der Waals surface area contributed by atoms with Gasteiger partial charge in [0, 0.05) is 30.4 Å². The number of benzene rings is 1. The first-order chi connectivity index (χ1) is 16.2. The van der Waals surface area contributed by atoms with Gasteiger partial charge >= 0.3 is 0 Å². The summed E-state index contributed by atoms with van der Waals surface area (Å²) in [5, 5.41) is 11.1. The lowest BCUT2D eigenvalue weighted by atomic mass is 9.90. The third-order valence-corrected chi connectivity index (χ3v) is 6.37. The molecule has 2 aromatic heterocycles. The van der Waals surface area contributed by atoms with E-state index in [1.165, 1.54) is 12.8 Å². The molecular weight excluding hydrogens is 487 g/mol. The van der Waals surface area contributed by atoms with Gasteiger partial charge in [-0.25, -0.2) is 9.97 Å². The number of nitrogens with zero attached hydrogens (tertiary/aromatic N) is 3. The van der Waals surface area contributed by atoms with Gasteiger partial charge in [-0.2, -0.15) is 0 Å². The molecule has 0 saturated heterocycles. The largest absolute Gasteiger partial charge is 0.467 e. The fourth-order valence-electron chi connectivity index (χ4n) is 4.64. The average molecular weight is 519 g/mol. The van der Waals surface area contributed by atoms with Crippen molar-refractivity contribution >= 4 is 53.3 Å². The van der Waals surface area contributed by atoms with Crippen molar-refractivity contribution in [3.63, 3.8) is 0 Å². The van der Waals surface area contributed by atoms with Gasteiger partial charge < -0.3 is 20.4 Å². The maximum Gasteiger partial charge on any atom is 0.289 e. The number of anilines is 1.